The molecule has 0 atom stereocenters. The van der Waals surface area contributed by atoms with E-state index in [-0.39, 0.29) is 29.6 Å². The van der Waals surface area contributed by atoms with E-state index < -0.39 is 10.0 Å². The van der Waals surface area contributed by atoms with Gasteiger partial charge in [-0.2, -0.15) is 4.31 Å². The van der Waals surface area contributed by atoms with Gasteiger partial charge in [0.1, 0.15) is 23.0 Å². The van der Waals surface area contributed by atoms with Crippen LogP contribution < -0.4 is 14.8 Å². The molecule has 1 amide bonds. The number of carbonyl (C=O) groups excluding carboxylic acids is 1. The first-order valence-electron chi connectivity index (χ1n) is 11.3. The fourth-order valence-corrected chi connectivity index (χ4v) is 5.10. The van der Waals surface area contributed by atoms with Crippen LogP contribution >= 0.6 is 0 Å². The van der Waals surface area contributed by atoms with Gasteiger partial charge in [-0.15, -0.1) is 0 Å². The molecule has 0 saturated carbocycles. The van der Waals surface area contributed by atoms with Crippen molar-refractivity contribution < 1.29 is 27.4 Å². The molecule has 0 unspecified atom stereocenters. The van der Waals surface area contributed by atoms with Crippen molar-refractivity contribution in [2.24, 2.45) is 0 Å². The molecule has 1 aliphatic rings. The van der Waals surface area contributed by atoms with Gasteiger partial charge in [-0.3, -0.25) is 9.78 Å². The smallest absolute Gasteiger partial charge is 0.255 e. The van der Waals surface area contributed by atoms with E-state index in [4.69, 9.17) is 14.2 Å². The van der Waals surface area contributed by atoms with Crippen molar-refractivity contribution in [2.45, 2.75) is 18.4 Å². The Bertz CT molecular complexity index is 1240. The van der Waals surface area contributed by atoms with E-state index in [2.05, 4.69) is 10.3 Å². The Morgan fingerprint density at radius 3 is 2.43 bits per heavy atom. The third-order valence-electron chi connectivity index (χ3n) is 5.36. The molecule has 9 nitrogen and oxygen atoms in total. The molecule has 4 rings (SSSR count). The summed E-state index contributed by atoms with van der Waals surface area (Å²) < 4.78 is 44.4. The molecule has 0 aliphatic carbocycles. The first-order chi connectivity index (χ1) is 17.0. The van der Waals surface area contributed by atoms with Crippen LogP contribution in [-0.2, 0) is 21.4 Å². The van der Waals surface area contributed by atoms with Crippen molar-refractivity contribution in [1.82, 2.24) is 9.29 Å². The monoisotopic (exact) mass is 497 g/mol. The van der Waals surface area contributed by atoms with Gasteiger partial charge in [0.05, 0.1) is 19.8 Å². The molecule has 1 N–H and O–H groups in total. The topological polar surface area (TPSA) is 107 Å². The fourth-order valence-electron chi connectivity index (χ4n) is 3.54. The summed E-state index contributed by atoms with van der Waals surface area (Å²) >= 11 is 0. The highest BCUT2D eigenvalue weighted by atomic mass is 32.2. The number of hydrogen-bond acceptors (Lipinski definition) is 7. The van der Waals surface area contributed by atoms with Gasteiger partial charge in [0, 0.05) is 36.7 Å². The molecular weight excluding hydrogens is 470 g/mol. The molecule has 0 spiro atoms. The van der Waals surface area contributed by atoms with Gasteiger partial charge in [0.2, 0.25) is 10.0 Å². The summed E-state index contributed by atoms with van der Waals surface area (Å²) in [6, 6.07) is 15.1. The van der Waals surface area contributed by atoms with Crippen LogP contribution in [-0.4, -0.2) is 56.5 Å². The molecule has 10 heteroatoms. The lowest BCUT2D eigenvalue weighted by Gasteiger charge is -2.27. The maximum Gasteiger partial charge on any atom is 0.255 e. The van der Waals surface area contributed by atoms with Crippen LogP contribution in [0.5, 0.6) is 11.5 Å². The minimum absolute atomic E-state index is 0.0129. The SMILES string of the molecule is CCOc1ccc(NC(=O)c2ccc(OCc3ccncc3)cc2)cc1S(=O)(=O)N1CCOCC1. The summed E-state index contributed by atoms with van der Waals surface area (Å²) in [4.78, 5) is 16.8. The van der Waals surface area contributed by atoms with E-state index >= 15 is 0 Å². The highest BCUT2D eigenvalue weighted by Crippen LogP contribution is 2.31. The molecule has 1 saturated heterocycles. The van der Waals surface area contributed by atoms with Crippen molar-refractivity contribution in [2.75, 3.05) is 38.2 Å². The number of nitrogens with one attached hydrogen (secondary N) is 1. The average molecular weight is 498 g/mol. The van der Waals surface area contributed by atoms with E-state index in [0.29, 0.717) is 43.4 Å². The summed E-state index contributed by atoms with van der Waals surface area (Å²) in [5.74, 6) is 0.496. The maximum atomic E-state index is 13.3. The van der Waals surface area contributed by atoms with Gasteiger partial charge in [0.25, 0.3) is 5.91 Å². The Labute approximate surface area is 204 Å². The minimum Gasteiger partial charge on any atom is -0.492 e. The molecule has 0 radical (unpaired) electrons. The molecular formula is C25H27N3O6S. The second kappa shape index (κ2) is 11.3. The van der Waals surface area contributed by atoms with E-state index in [9.17, 15) is 13.2 Å². The van der Waals surface area contributed by atoms with E-state index in [1.54, 1.807) is 55.7 Å². The Hall–Kier alpha value is -3.47. The van der Waals surface area contributed by atoms with E-state index in [1.807, 2.05) is 12.1 Å². The lowest BCUT2D eigenvalue weighted by molar-refractivity contribution is 0.0729. The molecule has 35 heavy (non-hydrogen) atoms. The van der Waals surface area contributed by atoms with Crippen molar-refractivity contribution in [3.63, 3.8) is 0 Å². The number of nitrogens with zero attached hydrogens (tertiary/aromatic N) is 2. The number of ether oxygens (including phenoxy) is 3. The summed E-state index contributed by atoms with van der Waals surface area (Å²) in [5, 5.41) is 2.77. The molecule has 0 bridgehead atoms. The summed E-state index contributed by atoms with van der Waals surface area (Å²) in [6.45, 7) is 3.68. The number of hydrogen-bond donors (Lipinski definition) is 1. The minimum atomic E-state index is -3.82. The lowest BCUT2D eigenvalue weighted by Crippen LogP contribution is -2.40. The van der Waals surface area contributed by atoms with Gasteiger partial charge < -0.3 is 19.5 Å². The summed E-state index contributed by atoms with van der Waals surface area (Å²) in [7, 11) is -3.82. The Balaban J connectivity index is 1.47. The molecule has 1 fully saturated rings. The Morgan fingerprint density at radius 2 is 1.74 bits per heavy atom. The number of carbonyl (C=O) groups is 1. The summed E-state index contributed by atoms with van der Waals surface area (Å²) in [5.41, 5.74) is 1.75. The van der Waals surface area contributed by atoms with Crippen LogP contribution in [0.15, 0.2) is 71.9 Å². The van der Waals surface area contributed by atoms with Crippen LogP contribution in [0.25, 0.3) is 0 Å². The van der Waals surface area contributed by atoms with E-state index in [0.717, 1.165) is 5.56 Å². The van der Waals surface area contributed by atoms with Gasteiger partial charge in [0.15, 0.2) is 0 Å². The van der Waals surface area contributed by atoms with Crippen LogP contribution in [0.4, 0.5) is 5.69 Å². The normalized spacial score (nSPS) is 14.3. The predicted octanol–water partition coefficient (Wildman–Crippen LogP) is 3.33. The molecule has 2 heterocycles. The number of sulfonamides is 1. The van der Waals surface area contributed by atoms with Crippen molar-refractivity contribution in [3.05, 3.63) is 78.1 Å². The molecule has 184 valence electrons. The quantitative estimate of drug-likeness (QED) is 0.483. The fraction of sp³-hybridized carbons (Fsp3) is 0.280. The van der Waals surface area contributed by atoms with Crippen LogP contribution in [0.1, 0.15) is 22.8 Å². The third-order valence-corrected chi connectivity index (χ3v) is 7.28. The Kier molecular flexibility index (Phi) is 7.96. The largest absolute Gasteiger partial charge is 0.492 e. The second-order valence-corrected chi connectivity index (χ2v) is 9.64. The van der Waals surface area contributed by atoms with Crippen molar-refractivity contribution >= 4 is 21.6 Å². The van der Waals surface area contributed by atoms with E-state index in [1.165, 1.54) is 10.4 Å². The number of benzene rings is 2. The van der Waals surface area contributed by atoms with Gasteiger partial charge in [-0.25, -0.2) is 8.42 Å². The molecule has 1 aromatic heterocycles. The third kappa shape index (κ3) is 6.16. The lowest BCUT2D eigenvalue weighted by atomic mass is 10.2. The van der Waals surface area contributed by atoms with Gasteiger partial charge >= 0.3 is 0 Å². The van der Waals surface area contributed by atoms with Crippen LogP contribution in [0.3, 0.4) is 0 Å². The highest BCUT2D eigenvalue weighted by molar-refractivity contribution is 7.89. The average Bonchev–Trinajstić information content (AvgIpc) is 2.90. The number of morpholine rings is 1. The predicted molar refractivity (Wildman–Crippen MR) is 130 cm³/mol. The number of rotatable bonds is 9. The number of anilines is 1. The zero-order valence-corrected chi connectivity index (χ0v) is 20.2. The van der Waals surface area contributed by atoms with Gasteiger partial charge in [-0.1, -0.05) is 0 Å². The molecule has 1 aliphatic heterocycles. The first kappa shape index (κ1) is 24.6. The zero-order valence-electron chi connectivity index (χ0n) is 19.3. The highest BCUT2D eigenvalue weighted by Gasteiger charge is 2.29. The molecule has 3 aromatic rings. The maximum absolute atomic E-state index is 13.3. The van der Waals surface area contributed by atoms with Crippen LogP contribution in [0, 0.1) is 0 Å². The van der Waals surface area contributed by atoms with Crippen LogP contribution in [0.2, 0.25) is 0 Å². The van der Waals surface area contributed by atoms with Crippen molar-refractivity contribution in [1.29, 1.82) is 0 Å². The number of pyridine rings is 1. The zero-order chi connectivity index (χ0) is 24.7. The second-order valence-electron chi connectivity index (χ2n) is 7.73. The first-order valence-corrected chi connectivity index (χ1v) is 12.7. The number of amides is 1. The standard InChI is InChI=1S/C25H27N3O6S/c1-2-33-23-8-5-21(17-24(23)35(30,31)28-13-15-32-16-14-28)27-25(29)20-3-6-22(7-4-20)34-18-19-9-11-26-12-10-19/h3-12,17H,2,13-16,18H2,1H3,(H,27,29). The number of aromatic nitrogens is 1. The summed E-state index contributed by atoms with van der Waals surface area (Å²) in [6.07, 6.45) is 3.40. The molecule has 2 aromatic carbocycles. The van der Waals surface area contributed by atoms with Gasteiger partial charge in [-0.05, 0) is 67.1 Å². The Morgan fingerprint density at radius 1 is 1.03 bits per heavy atom. The van der Waals surface area contributed by atoms with Crippen molar-refractivity contribution in [3.8, 4) is 11.5 Å².